The largest absolute Gasteiger partial charge is 0.384 e. The maximum absolute atomic E-state index is 10.8. The molecular weight excluding hydrogens is 246 g/mol. The molecular formula is C15H22ClNO. The molecule has 0 radical (unpaired) electrons. The Labute approximate surface area is 114 Å². The number of aliphatic hydroxyl groups is 1. The average molecular weight is 268 g/mol. The third-order valence-electron chi connectivity index (χ3n) is 4.20. The highest BCUT2D eigenvalue weighted by atomic mass is 35.5. The smallest absolute Gasteiger partial charge is 0.102 e. The van der Waals surface area contributed by atoms with Gasteiger partial charge in [0.2, 0.25) is 0 Å². The minimum Gasteiger partial charge on any atom is -0.384 e. The van der Waals surface area contributed by atoms with Crippen molar-refractivity contribution in [2.24, 2.45) is 5.92 Å². The van der Waals surface area contributed by atoms with Gasteiger partial charge in [0.25, 0.3) is 0 Å². The third-order valence-corrected chi connectivity index (χ3v) is 4.45. The van der Waals surface area contributed by atoms with Crippen molar-refractivity contribution in [2.75, 3.05) is 6.54 Å². The van der Waals surface area contributed by atoms with Crippen LogP contribution in [0.3, 0.4) is 0 Å². The van der Waals surface area contributed by atoms with Crippen LogP contribution >= 0.6 is 11.6 Å². The summed E-state index contributed by atoms with van der Waals surface area (Å²) in [5, 5.41) is 15.0. The van der Waals surface area contributed by atoms with E-state index in [2.05, 4.69) is 12.2 Å². The monoisotopic (exact) mass is 267 g/mol. The Kier molecular flexibility index (Phi) is 4.31. The van der Waals surface area contributed by atoms with Gasteiger partial charge in [-0.3, -0.25) is 0 Å². The number of nitrogens with one attached hydrogen (secondary N) is 1. The highest BCUT2D eigenvalue weighted by Gasteiger charge is 2.36. The van der Waals surface area contributed by atoms with Gasteiger partial charge in [-0.2, -0.15) is 0 Å². The summed E-state index contributed by atoms with van der Waals surface area (Å²) in [5.74, 6) is 0.718. The van der Waals surface area contributed by atoms with E-state index in [0.29, 0.717) is 5.02 Å². The van der Waals surface area contributed by atoms with Crippen molar-refractivity contribution >= 4 is 11.6 Å². The fraction of sp³-hybridized carbons (Fsp3) is 0.600. The molecule has 1 fully saturated rings. The van der Waals surface area contributed by atoms with Crippen LogP contribution in [0, 0.1) is 5.92 Å². The van der Waals surface area contributed by atoms with Gasteiger partial charge < -0.3 is 10.4 Å². The van der Waals surface area contributed by atoms with Crippen LogP contribution in [-0.2, 0) is 5.60 Å². The fourth-order valence-corrected chi connectivity index (χ4v) is 2.91. The first-order valence-electron chi connectivity index (χ1n) is 6.75. The zero-order valence-electron chi connectivity index (χ0n) is 11.1. The van der Waals surface area contributed by atoms with Gasteiger partial charge in [-0.1, -0.05) is 37.1 Å². The summed E-state index contributed by atoms with van der Waals surface area (Å²) in [6.45, 7) is 5.11. The van der Waals surface area contributed by atoms with Gasteiger partial charge >= 0.3 is 0 Å². The molecule has 0 saturated carbocycles. The van der Waals surface area contributed by atoms with Crippen molar-refractivity contribution in [1.29, 1.82) is 0 Å². The van der Waals surface area contributed by atoms with Crippen LogP contribution in [0.4, 0.5) is 0 Å². The molecule has 3 heteroatoms. The molecule has 18 heavy (non-hydrogen) atoms. The molecule has 0 bridgehead atoms. The standard InChI is InChI=1S/C15H22ClNO/c1-3-11-8-9-17-14(10-11)15(2,18)12-4-6-13(16)7-5-12/h4-7,11,14,17-18H,3,8-10H2,1-2H3. The van der Waals surface area contributed by atoms with E-state index in [-0.39, 0.29) is 6.04 Å². The highest BCUT2D eigenvalue weighted by molar-refractivity contribution is 6.30. The van der Waals surface area contributed by atoms with Crippen LogP contribution in [-0.4, -0.2) is 17.7 Å². The lowest BCUT2D eigenvalue weighted by molar-refractivity contribution is -0.00308. The lowest BCUT2D eigenvalue weighted by Gasteiger charge is -2.39. The van der Waals surface area contributed by atoms with Gasteiger partial charge in [0, 0.05) is 11.1 Å². The second-order valence-electron chi connectivity index (χ2n) is 5.46. The third kappa shape index (κ3) is 2.87. The first-order valence-corrected chi connectivity index (χ1v) is 7.13. The van der Waals surface area contributed by atoms with E-state index in [0.717, 1.165) is 24.4 Å². The Morgan fingerprint density at radius 1 is 1.39 bits per heavy atom. The molecule has 0 spiro atoms. The predicted molar refractivity (Wildman–Crippen MR) is 75.8 cm³/mol. The summed E-state index contributed by atoms with van der Waals surface area (Å²) in [5.41, 5.74) is 0.0967. The van der Waals surface area contributed by atoms with Crippen molar-refractivity contribution in [3.8, 4) is 0 Å². The van der Waals surface area contributed by atoms with E-state index in [1.165, 1.54) is 12.8 Å². The van der Waals surface area contributed by atoms with Gasteiger partial charge in [0.15, 0.2) is 0 Å². The van der Waals surface area contributed by atoms with Gasteiger partial charge in [-0.25, -0.2) is 0 Å². The molecule has 1 heterocycles. The van der Waals surface area contributed by atoms with E-state index in [4.69, 9.17) is 11.6 Å². The van der Waals surface area contributed by atoms with Gasteiger partial charge in [0.1, 0.15) is 5.60 Å². The molecule has 3 unspecified atom stereocenters. The van der Waals surface area contributed by atoms with E-state index in [1.54, 1.807) is 0 Å². The molecule has 2 nitrogen and oxygen atoms in total. The first-order chi connectivity index (χ1) is 8.54. The molecule has 1 aromatic rings. The normalized spacial score (nSPS) is 27.8. The van der Waals surface area contributed by atoms with Crippen LogP contribution in [0.15, 0.2) is 24.3 Å². The van der Waals surface area contributed by atoms with Gasteiger partial charge in [-0.15, -0.1) is 0 Å². The zero-order chi connectivity index (χ0) is 13.2. The lowest BCUT2D eigenvalue weighted by atomic mass is 9.79. The molecule has 0 aromatic heterocycles. The van der Waals surface area contributed by atoms with Crippen molar-refractivity contribution in [3.63, 3.8) is 0 Å². The first kappa shape index (κ1) is 13.9. The lowest BCUT2D eigenvalue weighted by Crippen LogP contribution is -2.51. The summed E-state index contributed by atoms with van der Waals surface area (Å²) in [7, 11) is 0. The topological polar surface area (TPSA) is 32.3 Å². The number of rotatable bonds is 3. The summed E-state index contributed by atoms with van der Waals surface area (Å²) < 4.78 is 0. The molecule has 2 rings (SSSR count). The maximum Gasteiger partial charge on any atom is 0.102 e. The molecule has 100 valence electrons. The molecule has 3 atom stereocenters. The van der Waals surface area contributed by atoms with Gasteiger partial charge in [-0.05, 0) is 49.9 Å². The Hall–Kier alpha value is -0.570. The van der Waals surface area contributed by atoms with Gasteiger partial charge in [0.05, 0.1) is 0 Å². The summed E-state index contributed by atoms with van der Waals surface area (Å²) in [4.78, 5) is 0. The Morgan fingerprint density at radius 3 is 2.67 bits per heavy atom. The zero-order valence-corrected chi connectivity index (χ0v) is 11.9. The predicted octanol–water partition coefficient (Wildman–Crippen LogP) is 3.33. The van der Waals surface area contributed by atoms with Crippen molar-refractivity contribution < 1.29 is 5.11 Å². The number of benzene rings is 1. The molecule has 2 N–H and O–H groups in total. The van der Waals surface area contributed by atoms with Crippen LogP contribution in [0.5, 0.6) is 0 Å². The SMILES string of the molecule is CCC1CCNC(C(C)(O)c2ccc(Cl)cc2)C1. The molecule has 1 aliphatic heterocycles. The average Bonchev–Trinajstić information content (AvgIpc) is 2.39. The fourth-order valence-electron chi connectivity index (χ4n) is 2.78. The molecule has 1 saturated heterocycles. The van der Waals surface area contributed by atoms with E-state index < -0.39 is 5.60 Å². The second-order valence-corrected chi connectivity index (χ2v) is 5.90. The van der Waals surface area contributed by atoms with Crippen LogP contribution < -0.4 is 5.32 Å². The van der Waals surface area contributed by atoms with Crippen molar-refractivity contribution in [1.82, 2.24) is 5.32 Å². The van der Waals surface area contributed by atoms with Crippen LogP contribution in [0.2, 0.25) is 5.02 Å². The summed E-state index contributed by atoms with van der Waals surface area (Å²) in [6.07, 6.45) is 3.44. The Morgan fingerprint density at radius 2 is 2.06 bits per heavy atom. The summed E-state index contributed by atoms with van der Waals surface area (Å²) in [6, 6.07) is 7.63. The number of piperidine rings is 1. The summed E-state index contributed by atoms with van der Waals surface area (Å²) >= 11 is 5.90. The van der Waals surface area contributed by atoms with Crippen LogP contribution in [0.1, 0.15) is 38.7 Å². The molecule has 1 aliphatic rings. The highest BCUT2D eigenvalue weighted by Crippen LogP contribution is 2.32. The van der Waals surface area contributed by atoms with E-state index >= 15 is 0 Å². The van der Waals surface area contributed by atoms with Crippen molar-refractivity contribution in [2.45, 2.75) is 44.8 Å². The Balaban J connectivity index is 2.16. The number of halogens is 1. The van der Waals surface area contributed by atoms with Crippen molar-refractivity contribution in [3.05, 3.63) is 34.9 Å². The minimum absolute atomic E-state index is 0.123. The van der Waals surface area contributed by atoms with E-state index in [9.17, 15) is 5.11 Å². The molecule has 0 aliphatic carbocycles. The number of hydrogen-bond acceptors (Lipinski definition) is 2. The maximum atomic E-state index is 10.8. The number of hydrogen-bond donors (Lipinski definition) is 2. The molecule has 1 aromatic carbocycles. The quantitative estimate of drug-likeness (QED) is 0.881. The van der Waals surface area contributed by atoms with Crippen LogP contribution in [0.25, 0.3) is 0 Å². The second kappa shape index (κ2) is 5.60. The van der Waals surface area contributed by atoms with E-state index in [1.807, 2.05) is 31.2 Å². The molecule has 0 amide bonds. The Bertz CT molecular complexity index is 388. The minimum atomic E-state index is -0.835.